The fraction of sp³-hybridized carbons (Fsp3) is 0.143. The van der Waals surface area contributed by atoms with Crippen LogP contribution in [0.1, 0.15) is 16.1 Å². The van der Waals surface area contributed by atoms with Crippen molar-refractivity contribution in [1.82, 2.24) is 4.98 Å². The lowest BCUT2D eigenvalue weighted by Crippen LogP contribution is -2.00. The second-order valence-electron chi connectivity index (χ2n) is 3.78. The molecule has 5 heteroatoms. The third-order valence-corrected chi connectivity index (χ3v) is 2.98. The second-order valence-corrected chi connectivity index (χ2v) is 4.69. The summed E-state index contributed by atoms with van der Waals surface area (Å²) < 4.78 is 11.6. The number of carbonyl (C=O) groups is 1. The lowest BCUT2D eigenvalue weighted by Gasteiger charge is -2.09. The van der Waals surface area contributed by atoms with E-state index >= 15 is 0 Å². The van der Waals surface area contributed by atoms with Gasteiger partial charge in [0.2, 0.25) is 0 Å². The van der Waals surface area contributed by atoms with Crippen molar-refractivity contribution in [3.05, 3.63) is 52.3 Å². The molecule has 0 aliphatic carbocycles. The quantitative estimate of drug-likeness (QED) is 0.793. The highest BCUT2D eigenvalue weighted by molar-refractivity contribution is 9.10. The lowest BCUT2D eigenvalue weighted by atomic mass is 10.2. The van der Waals surface area contributed by atoms with Crippen molar-refractivity contribution in [3.63, 3.8) is 0 Å². The number of aromatic nitrogens is 1. The minimum atomic E-state index is 0.293. The number of nitrogens with zero attached hydrogens (tertiary/aromatic N) is 1. The highest BCUT2D eigenvalue weighted by Crippen LogP contribution is 2.24. The number of hydrogen-bond donors (Lipinski definition) is 0. The maximum atomic E-state index is 10.9. The van der Waals surface area contributed by atoms with Gasteiger partial charge < -0.3 is 9.47 Å². The molecule has 0 aliphatic rings. The molecule has 0 spiro atoms. The maximum absolute atomic E-state index is 10.9. The van der Waals surface area contributed by atoms with E-state index in [1.165, 1.54) is 0 Å². The predicted molar refractivity (Wildman–Crippen MR) is 74.7 cm³/mol. The zero-order chi connectivity index (χ0) is 13.7. The third-order valence-electron chi connectivity index (χ3n) is 2.51. The Bertz CT molecular complexity index is 569. The molecule has 4 nitrogen and oxygen atoms in total. The summed E-state index contributed by atoms with van der Waals surface area (Å²) in [6.45, 7) is 0.293. The number of methoxy groups -OCH3 is 1. The molecule has 19 heavy (non-hydrogen) atoms. The van der Waals surface area contributed by atoms with Gasteiger partial charge in [0, 0.05) is 16.7 Å². The van der Waals surface area contributed by atoms with Crippen LogP contribution in [0, 0.1) is 0 Å². The third kappa shape index (κ3) is 3.54. The maximum Gasteiger partial charge on any atom is 0.153 e. The summed E-state index contributed by atoms with van der Waals surface area (Å²) in [6.07, 6.45) is 2.45. The van der Waals surface area contributed by atoms with E-state index in [0.717, 1.165) is 16.5 Å². The number of benzene rings is 1. The molecule has 0 atom stereocenters. The molecule has 98 valence electrons. The Hall–Kier alpha value is -1.88. The molecule has 0 unspecified atom stereocenters. The van der Waals surface area contributed by atoms with Gasteiger partial charge in [-0.05, 0) is 40.2 Å². The van der Waals surface area contributed by atoms with E-state index < -0.39 is 0 Å². The smallest absolute Gasteiger partial charge is 0.153 e. The van der Waals surface area contributed by atoms with E-state index in [9.17, 15) is 4.79 Å². The first-order valence-electron chi connectivity index (χ1n) is 5.59. The van der Waals surface area contributed by atoms with Crippen LogP contribution in [-0.2, 0) is 6.61 Å². The van der Waals surface area contributed by atoms with E-state index in [1.807, 2.05) is 12.1 Å². The molecule has 1 aromatic carbocycles. The topological polar surface area (TPSA) is 48.4 Å². The van der Waals surface area contributed by atoms with Gasteiger partial charge in [0.25, 0.3) is 0 Å². The minimum Gasteiger partial charge on any atom is -0.497 e. The standard InChI is InChI=1S/C14H12BrNO3/c1-18-13-5-2-10(8-17)14(6-13)19-9-12-4-3-11(15)7-16-12/h2-8H,9H2,1H3. The van der Waals surface area contributed by atoms with Crippen molar-refractivity contribution in [2.24, 2.45) is 0 Å². The Morgan fingerprint density at radius 2 is 2.16 bits per heavy atom. The zero-order valence-electron chi connectivity index (χ0n) is 10.3. The summed E-state index contributed by atoms with van der Waals surface area (Å²) in [4.78, 5) is 15.1. The summed E-state index contributed by atoms with van der Waals surface area (Å²) in [5.74, 6) is 1.13. The first-order chi connectivity index (χ1) is 9.22. The average Bonchev–Trinajstić information content (AvgIpc) is 2.46. The molecule has 0 radical (unpaired) electrons. The molecule has 0 amide bonds. The van der Waals surface area contributed by atoms with E-state index in [4.69, 9.17) is 9.47 Å². The number of pyridine rings is 1. The molecule has 0 N–H and O–H groups in total. The van der Waals surface area contributed by atoms with Crippen molar-refractivity contribution >= 4 is 22.2 Å². The van der Waals surface area contributed by atoms with Crippen LogP contribution in [0.3, 0.4) is 0 Å². The first-order valence-corrected chi connectivity index (χ1v) is 6.38. The molecule has 0 aliphatic heterocycles. The van der Waals surface area contributed by atoms with Gasteiger partial charge in [-0.15, -0.1) is 0 Å². The van der Waals surface area contributed by atoms with Crippen molar-refractivity contribution in [1.29, 1.82) is 0 Å². The molecule has 0 saturated carbocycles. The van der Waals surface area contributed by atoms with Gasteiger partial charge >= 0.3 is 0 Å². The van der Waals surface area contributed by atoms with E-state index in [1.54, 1.807) is 31.5 Å². The first kappa shape index (κ1) is 13.5. The Kier molecular flexibility index (Phi) is 4.52. The number of carbonyl (C=O) groups excluding carboxylic acids is 1. The van der Waals surface area contributed by atoms with Crippen LogP contribution in [0.5, 0.6) is 11.5 Å². The van der Waals surface area contributed by atoms with Gasteiger partial charge in [0.1, 0.15) is 18.1 Å². The van der Waals surface area contributed by atoms with Crippen molar-refractivity contribution in [2.45, 2.75) is 6.61 Å². The van der Waals surface area contributed by atoms with Gasteiger partial charge in [-0.1, -0.05) is 0 Å². The Morgan fingerprint density at radius 3 is 2.79 bits per heavy atom. The summed E-state index contributed by atoms with van der Waals surface area (Å²) in [6, 6.07) is 8.80. The van der Waals surface area contributed by atoms with Crippen LogP contribution in [0.25, 0.3) is 0 Å². The molecular formula is C14H12BrNO3. The Morgan fingerprint density at radius 1 is 1.32 bits per heavy atom. The predicted octanol–water partition coefficient (Wildman–Crippen LogP) is 3.24. The highest BCUT2D eigenvalue weighted by Gasteiger charge is 2.06. The fourth-order valence-electron chi connectivity index (χ4n) is 1.51. The summed E-state index contributed by atoms with van der Waals surface area (Å²) >= 11 is 3.32. The van der Waals surface area contributed by atoms with Crippen molar-refractivity contribution < 1.29 is 14.3 Å². The van der Waals surface area contributed by atoms with Crippen molar-refractivity contribution in [3.8, 4) is 11.5 Å². The number of hydrogen-bond acceptors (Lipinski definition) is 4. The highest BCUT2D eigenvalue weighted by atomic mass is 79.9. The van der Waals surface area contributed by atoms with Gasteiger partial charge in [-0.3, -0.25) is 9.78 Å². The van der Waals surface area contributed by atoms with Gasteiger partial charge in [0.15, 0.2) is 6.29 Å². The van der Waals surface area contributed by atoms with E-state index in [2.05, 4.69) is 20.9 Å². The Balaban J connectivity index is 2.13. The largest absolute Gasteiger partial charge is 0.497 e. The zero-order valence-corrected chi connectivity index (χ0v) is 11.9. The number of aldehydes is 1. The molecule has 0 saturated heterocycles. The van der Waals surface area contributed by atoms with Crippen molar-refractivity contribution in [2.75, 3.05) is 7.11 Å². The monoisotopic (exact) mass is 321 g/mol. The Labute approximate surface area is 119 Å². The fourth-order valence-corrected chi connectivity index (χ4v) is 1.74. The van der Waals surface area contributed by atoms with E-state index in [0.29, 0.717) is 23.7 Å². The second kappa shape index (κ2) is 6.33. The molecule has 0 fully saturated rings. The average molecular weight is 322 g/mol. The molecule has 2 rings (SSSR count). The van der Waals surface area contributed by atoms with Crippen LogP contribution >= 0.6 is 15.9 Å². The molecular weight excluding hydrogens is 310 g/mol. The van der Waals surface area contributed by atoms with Crippen LogP contribution in [0.15, 0.2) is 41.0 Å². The molecule has 1 aromatic heterocycles. The normalized spacial score (nSPS) is 10.0. The SMILES string of the molecule is COc1ccc(C=O)c(OCc2ccc(Br)cn2)c1. The van der Waals surface area contributed by atoms with Crippen LogP contribution < -0.4 is 9.47 Å². The molecule has 1 heterocycles. The summed E-state index contributed by atoms with van der Waals surface area (Å²) in [5, 5.41) is 0. The number of halogens is 1. The van der Waals surface area contributed by atoms with Crippen LogP contribution in [-0.4, -0.2) is 18.4 Å². The molecule has 0 bridgehead atoms. The lowest BCUT2D eigenvalue weighted by molar-refractivity contribution is 0.111. The molecule has 2 aromatic rings. The van der Waals surface area contributed by atoms with Gasteiger partial charge in [-0.25, -0.2) is 0 Å². The summed E-state index contributed by atoms with van der Waals surface area (Å²) in [5.41, 5.74) is 1.26. The van der Waals surface area contributed by atoms with Gasteiger partial charge in [-0.2, -0.15) is 0 Å². The van der Waals surface area contributed by atoms with Crippen LogP contribution in [0.2, 0.25) is 0 Å². The van der Waals surface area contributed by atoms with Crippen LogP contribution in [0.4, 0.5) is 0 Å². The number of ether oxygens (including phenoxy) is 2. The minimum absolute atomic E-state index is 0.293. The summed E-state index contributed by atoms with van der Waals surface area (Å²) in [7, 11) is 1.57. The van der Waals surface area contributed by atoms with E-state index in [-0.39, 0.29) is 0 Å². The number of rotatable bonds is 5. The van der Waals surface area contributed by atoms with Gasteiger partial charge in [0.05, 0.1) is 18.4 Å².